The number of likely N-dealkylation sites (N-methyl/N-ethyl adjacent to an activating group) is 2. The first kappa shape index (κ1) is 67.6. The SMILES string of the molecule is CCN(CCN(CC)CC(=O)NC1C(O)[C@@H](COP(=O)(O)O[C@@H]2[C@@H](CO)OC(n3cnc4c(N)ncnc43)[C@@H]2O)O[C@H]1n1ccc(=O)[nH]c1=O)CC(=O)NC1C(O)[C@@H](OOP(=O)(O)O[C@H]2[C@@H](O)[C@@H](n3cnc4c(N)ncnc43)O[C@@H]2CO)O[C@H]1n1ccc(=O)[nH]c1=O. The molecule has 0 saturated carbocycles. The number of nitrogens with zero attached hydrogens (tertiary/aromatic N) is 12. The third-order valence-corrected chi connectivity index (χ3v) is 17.1. The van der Waals surface area contributed by atoms with E-state index in [1.807, 2.05) is 9.97 Å². The van der Waals surface area contributed by atoms with Crippen molar-refractivity contribution in [3.05, 3.63) is 91.5 Å². The van der Waals surface area contributed by atoms with Crippen LogP contribution >= 0.6 is 15.6 Å². The Morgan fingerprint density at radius 2 is 1.07 bits per heavy atom. The molecule has 502 valence electrons. The van der Waals surface area contributed by atoms with Gasteiger partial charge in [0.2, 0.25) is 18.1 Å². The molecule has 10 heterocycles. The van der Waals surface area contributed by atoms with Crippen molar-refractivity contribution in [3.63, 3.8) is 0 Å². The number of nitrogen functional groups attached to an aromatic ring is 2. The Morgan fingerprint density at radius 3 is 1.52 bits per heavy atom. The van der Waals surface area contributed by atoms with Gasteiger partial charge >= 0.3 is 27.0 Å². The van der Waals surface area contributed by atoms with Crippen LogP contribution in [-0.4, -0.2) is 253 Å². The highest BCUT2D eigenvalue weighted by Gasteiger charge is 2.54. The minimum Gasteiger partial charge on any atom is -0.394 e. The molecular weight excluding hydrogens is 1280 g/mol. The third kappa shape index (κ3) is 14.4. The van der Waals surface area contributed by atoms with Gasteiger partial charge in [0.1, 0.15) is 90.7 Å². The number of nitrogens with one attached hydrogen (secondary N) is 4. The van der Waals surface area contributed by atoms with Crippen LogP contribution in [0.5, 0.6) is 0 Å². The maximum atomic E-state index is 13.9. The molecule has 4 saturated heterocycles. The van der Waals surface area contributed by atoms with Gasteiger partial charge in [0.25, 0.3) is 11.1 Å². The number of rotatable bonds is 27. The molecule has 0 radical (unpaired) electrons. The van der Waals surface area contributed by atoms with Gasteiger partial charge in [0, 0.05) is 37.6 Å². The highest BCUT2D eigenvalue weighted by atomic mass is 31.2. The minimum absolute atomic E-state index is 0.00650. The van der Waals surface area contributed by atoms with Crippen molar-refractivity contribution in [2.45, 2.75) is 112 Å². The molecule has 10 rings (SSSR count). The number of phosphoric acid groups is 2. The fourth-order valence-electron chi connectivity index (χ4n) is 10.7. The summed E-state index contributed by atoms with van der Waals surface area (Å²) in [5.74, 6) is -1.55. The summed E-state index contributed by atoms with van der Waals surface area (Å²) in [7, 11) is -10.8. The van der Waals surface area contributed by atoms with Gasteiger partial charge < -0.3 is 81.5 Å². The molecule has 18 atom stereocenters. The first-order valence-corrected chi connectivity index (χ1v) is 30.9. The van der Waals surface area contributed by atoms with Crippen LogP contribution in [0.3, 0.4) is 0 Å². The summed E-state index contributed by atoms with van der Waals surface area (Å²) in [5.41, 5.74) is 8.50. The lowest BCUT2D eigenvalue weighted by Gasteiger charge is -2.28. The van der Waals surface area contributed by atoms with Crippen molar-refractivity contribution in [3.8, 4) is 0 Å². The lowest BCUT2D eigenvalue weighted by atomic mass is 10.1. The molecule has 45 heteroatoms. The second-order valence-corrected chi connectivity index (χ2v) is 23.8. The standard InChI is InChI=1S/C47H64N18O25P2/c1-3-60(11-25(70)56-27-31(72)22(85-41(27)62-7-5-23(68)58-46(62)76)15-82-91(78,79)88-35-20(13-66)83-43(33(35)74)64-18-54-29-37(48)50-16-52-39(29)64)9-10-61(4-2)12-26(71)57-28-32(73)45(86-42(28)63-8-6-24(69)59-47(63)77)87-90-92(80,81)89-36-21(14-67)84-44(34(36)75)65-19-55-30-38(49)51-17-53-40(30)65/h5-8,16-22,27-28,31-36,41-45,66-67,72-75H,3-4,9-15H2,1-2H3,(H,56,70)(H,57,71)(H,78,79)(H,80,81)(H2,48,50,52)(H2,49,51,53)(H,58,68,76)(H,59,69,77)/t20-,21-,22-,27?,28?,31?,32?,33-,34-,35-,36-,41-,42-,43?,44+,45-/m1/s1. The van der Waals surface area contributed by atoms with Crippen molar-refractivity contribution in [2.24, 2.45) is 0 Å². The van der Waals surface area contributed by atoms with E-state index in [0.717, 1.165) is 46.3 Å². The number of carbonyl (C=O) groups is 2. The van der Waals surface area contributed by atoms with Crippen molar-refractivity contribution < 1.29 is 101 Å². The van der Waals surface area contributed by atoms with Gasteiger partial charge in [-0.3, -0.25) is 70.8 Å². The number of fused-ring (bicyclic) bond motifs is 2. The molecule has 4 fully saturated rings. The van der Waals surface area contributed by atoms with Gasteiger partial charge in [-0.25, -0.2) is 48.6 Å². The predicted molar refractivity (Wildman–Crippen MR) is 302 cm³/mol. The number of hydrogen-bond acceptors (Lipinski definition) is 33. The van der Waals surface area contributed by atoms with Crippen LogP contribution in [0.4, 0.5) is 11.6 Å². The van der Waals surface area contributed by atoms with E-state index in [1.54, 1.807) is 23.6 Å². The maximum absolute atomic E-state index is 13.9. The molecule has 92 heavy (non-hydrogen) atoms. The molecule has 4 aliphatic rings. The molecule has 0 aliphatic carbocycles. The van der Waals surface area contributed by atoms with Crippen LogP contribution in [0, 0.1) is 0 Å². The smallest absolute Gasteiger partial charge is 0.394 e. The Balaban J connectivity index is 0.744. The normalized spacial score (nSPS) is 29.6. The number of imidazole rings is 2. The van der Waals surface area contributed by atoms with Gasteiger partial charge in [-0.2, -0.15) is 4.89 Å². The Labute approximate surface area is 514 Å². The van der Waals surface area contributed by atoms with E-state index in [1.165, 1.54) is 21.8 Å². The molecule has 16 N–H and O–H groups in total. The Morgan fingerprint density at radius 1 is 0.620 bits per heavy atom. The molecule has 0 bridgehead atoms. The van der Waals surface area contributed by atoms with Crippen molar-refractivity contribution in [2.75, 3.05) is 70.6 Å². The second-order valence-electron chi connectivity index (χ2n) is 21.1. The van der Waals surface area contributed by atoms with E-state index in [4.69, 9.17) is 53.5 Å². The fourth-order valence-corrected chi connectivity index (χ4v) is 12.4. The van der Waals surface area contributed by atoms with E-state index >= 15 is 0 Å². The molecule has 4 aliphatic heterocycles. The number of aliphatic hydroxyl groups excluding tert-OH is 6. The zero-order valence-corrected chi connectivity index (χ0v) is 49.9. The number of aromatic nitrogens is 12. The van der Waals surface area contributed by atoms with Gasteiger partial charge in [-0.1, -0.05) is 13.8 Å². The third-order valence-electron chi connectivity index (χ3n) is 15.3. The second kappa shape index (κ2) is 28.1. The summed E-state index contributed by atoms with van der Waals surface area (Å²) in [6.07, 6.45) is -16.8. The van der Waals surface area contributed by atoms with Crippen LogP contribution in [0.2, 0.25) is 0 Å². The van der Waals surface area contributed by atoms with Crippen LogP contribution in [0.25, 0.3) is 22.3 Å². The molecular formula is C47H64N18O25P2. The highest BCUT2D eigenvalue weighted by Crippen LogP contribution is 2.51. The number of ether oxygens (including phenoxy) is 4. The first-order chi connectivity index (χ1) is 43.8. The van der Waals surface area contributed by atoms with E-state index < -0.39 is 175 Å². The Kier molecular flexibility index (Phi) is 20.7. The van der Waals surface area contributed by atoms with E-state index in [2.05, 4.69) is 40.5 Å². The average Bonchev–Trinajstić information content (AvgIpc) is 1.64. The quantitative estimate of drug-likeness (QED) is 0.0129. The molecule has 0 aromatic carbocycles. The zero-order valence-electron chi connectivity index (χ0n) is 48.2. The van der Waals surface area contributed by atoms with E-state index in [-0.39, 0.29) is 66.7 Å². The average molecular weight is 1340 g/mol. The number of carbonyl (C=O) groups excluding carboxylic acids is 2. The fraction of sp³-hybridized carbons (Fsp3) is 0.574. The summed E-state index contributed by atoms with van der Waals surface area (Å²) in [6, 6.07) is -1.25. The van der Waals surface area contributed by atoms with Crippen molar-refractivity contribution in [1.29, 1.82) is 0 Å². The molecule has 43 nitrogen and oxygen atoms in total. The number of aromatic amines is 2. The molecule has 0 spiro atoms. The van der Waals surface area contributed by atoms with Crippen LogP contribution < -0.4 is 44.6 Å². The summed E-state index contributed by atoms with van der Waals surface area (Å²) >= 11 is 0. The lowest BCUT2D eigenvalue weighted by molar-refractivity contribution is -0.342. The summed E-state index contributed by atoms with van der Waals surface area (Å²) < 4.78 is 74.4. The predicted octanol–water partition coefficient (Wildman–Crippen LogP) is -7.54. The van der Waals surface area contributed by atoms with E-state index in [9.17, 15) is 78.3 Å². The number of hydrogen-bond donors (Lipinski definition) is 14. The number of nitrogens with two attached hydrogens (primary N) is 2. The molecule has 6 aromatic heterocycles. The molecule has 7 unspecified atom stereocenters. The number of phosphoric ester groups is 2. The number of H-pyrrole nitrogens is 2. The van der Waals surface area contributed by atoms with Crippen LogP contribution in [0.15, 0.2) is 69.0 Å². The van der Waals surface area contributed by atoms with Gasteiger partial charge in [-0.15, -0.1) is 4.67 Å². The van der Waals surface area contributed by atoms with Crippen LogP contribution in [-0.2, 0) is 60.8 Å². The monoisotopic (exact) mass is 1340 g/mol. The largest absolute Gasteiger partial charge is 0.500 e. The van der Waals surface area contributed by atoms with E-state index in [0.29, 0.717) is 0 Å². The van der Waals surface area contributed by atoms with Crippen molar-refractivity contribution >= 4 is 61.4 Å². The van der Waals surface area contributed by atoms with Crippen LogP contribution in [0.1, 0.15) is 38.8 Å². The Hall–Kier alpha value is -7.30. The number of aliphatic hydroxyl groups is 6. The molecule has 2 amide bonds. The maximum Gasteiger partial charge on any atom is 0.500 e. The topological polar surface area (TPSA) is 593 Å². The minimum atomic E-state index is -5.49. The highest BCUT2D eigenvalue weighted by molar-refractivity contribution is 7.47. The van der Waals surface area contributed by atoms with Gasteiger partial charge in [0.05, 0.1) is 45.6 Å². The van der Waals surface area contributed by atoms with Crippen molar-refractivity contribution in [1.82, 2.24) is 78.6 Å². The summed E-state index contributed by atoms with van der Waals surface area (Å²) in [4.78, 5) is 136. The lowest BCUT2D eigenvalue weighted by Crippen LogP contribution is -2.52. The van der Waals surface area contributed by atoms with Gasteiger partial charge in [-0.05, 0) is 13.1 Å². The first-order valence-electron chi connectivity index (χ1n) is 27.9. The number of amides is 2. The Bertz CT molecular complexity index is 3720. The number of anilines is 2. The summed E-state index contributed by atoms with van der Waals surface area (Å²) in [5, 5.41) is 70.9. The zero-order chi connectivity index (χ0) is 66.1. The summed E-state index contributed by atoms with van der Waals surface area (Å²) in [6.45, 7) is 0.602. The molecule has 6 aromatic rings. The van der Waals surface area contributed by atoms with Gasteiger partial charge in [0.15, 0.2) is 47.8 Å².